The fourth-order valence-electron chi connectivity index (χ4n) is 2.20. The third-order valence-electron chi connectivity index (χ3n) is 3.78. The minimum atomic E-state index is -0.337. The first-order valence-electron chi connectivity index (χ1n) is 7.94. The van der Waals surface area contributed by atoms with Gasteiger partial charge in [-0.05, 0) is 43.0 Å². The second-order valence-corrected chi connectivity index (χ2v) is 5.90. The Kier molecular flexibility index (Phi) is 6.17. The summed E-state index contributed by atoms with van der Waals surface area (Å²) >= 11 is 0. The van der Waals surface area contributed by atoms with E-state index in [-0.39, 0.29) is 30.8 Å². The van der Waals surface area contributed by atoms with Crippen LogP contribution in [0.3, 0.4) is 0 Å². The van der Waals surface area contributed by atoms with Crippen molar-refractivity contribution in [3.63, 3.8) is 0 Å². The number of hydrogen-bond acceptors (Lipinski definition) is 4. The molecule has 1 saturated carbocycles. The SMILES string of the molecule is COc1ccc(NC(=O)CNC(=O)CN(CC2CC2)C(C)=O)cc1. The van der Waals surface area contributed by atoms with Crippen molar-refractivity contribution in [3.05, 3.63) is 24.3 Å². The van der Waals surface area contributed by atoms with Gasteiger partial charge in [0.05, 0.1) is 20.2 Å². The number of nitrogens with zero attached hydrogens (tertiary/aromatic N) is 1. The van der Waals surface area contributed by atoms with Crippen LogP contribution in [0.4, 0.5) is 5.69 Å². The Bertz CT molecular complexity index is 596. The molecule has 1 fully saturated rings. The summed E-state index contributed by atoms with van der Waals surface area (Å²) in [5, 5.41) is 5.21. The zero-order chi connectivity index (χ0) is 17.5. The number of carbonyl (C=O) groups is 3. The average Bonchev–Trinajstić information content (AvgIpc) is 3.37. The highest BCUT2D eigenvalue weighted by molar-refractivity contribution is 5.95. The third-order valence-corrected chi connectivity index (χ3v) is 3.78. The third kappa shape index (κ3) is 5.91. The predicted molar refractivity (Wildman–Crippen MR) is 89.6 cm³/mol. The number of anilines is 1. The zero-order valence-electron chi connectivity index (χ0n) is 14.0. The molecule has 3 amide bonds. The molecular formula is C17H23N3O4. The van der Waals surface area contributed by atoms with Crippen LogP contribution >= 0.6 is 0 Å². The number of carbonyl (C=O) groups excluding carboxylic acids is 3. The molecule has 0 bridgehead atoms. The van der Waals surface area contributed by atoms with E-state index in [1.807, 2.05) is 0 Å². The molecule has 0 unspecified atom stereocenters. The van der Waals surface area contributed by atoms with Gasteiger partial charge in [0.25, 0.3) is 0 Å². The molecule has 0 aromatic heterocycles. The normalized spacial score (nSPS) is 13.1. The molecule has 1 aliphatic rings. The van der Waals surface area contributed by atoms with Crippen molar-refractivity contribution in [2.75, 3.05) is 32.1 Å². The van der Waals surface area contributed by atoms with Crippen LogP contribution < -0.4 is 15.4 Å². The molecule has 2 rings (SSSR count). The van der Waals surface area contributed by atoms with E-state index in [0.29, 0.717) is 23.9 Å². The van der Waals surface area contributed by atoms with E-state index in [2.05, 4.69) is 10.6 Å². The monoisotopic (exact) mass is 333 g/mol. The van der Waals surface area contributed by atoms with Gasteiger partial charge >= 0.3 is 0 Å². The van der Waals surface area contributed by atoms with Crippen LogP contribution in [0.1, 0.15) is 19.8 Å². The lowest BCUT2D eigenvalue weighted by atomic mass is 10.3. The number of amides is 3. The molecule has 24 heavy (non-hydrogen) atoms. The lowest BCUT2D eigenvalue weighted by Crippen LogP contribution is -2.42. The van der Waals surface area contributed by atoms with Crippen LogP contribution in [0.2, 0.25) is 0 Å². The van der Waals surface area contributed by atoms with Crippen molar-refractivity contribution in [2.24, 2.45) is 5.92 Å². The van der Waals surface area contributed by atoms with Crippen molar-refractivity contribution in [2.45, 2.75) is 19.8 Å². The van der Waals surface area contributed by atoms with Crippen LogP contribution in [-0.2, 0) is 14.4 Å². The number of ether oxygens (including phenoxy) is 1. The van der Waals surface area contributed by atoms with Gasteiger partial charge in [-0.15, -0.1) is 0 Å². The molecule has 1 aliphatic carbocycles. The number of nitrogens with one attached hydrogen (secondary N) is 2. The van der Waals surface area contributed by atoms with Gasteiger partial charge in [0, 0.05) is 19.2 Å². The fourth-order valence-corrected chi connectivity index (χ4v) is 2.20. The van der Waals surface area contributed by atoms with E-state index < -0.39 is 0 Å². The average molecular weight is 333 g/mol. The van der Waals surface area contributed by atoms with Crippen LogP contribution in [0.5, 0.6) is 5.75 Å². The Morgan fingerprint density at radius 2 is 1.83 bits per heavy atom. The minimum Gasteiger partial charge on any atom is -0.497 e. The van der Waals surface area contributed by atoms with Crippen molar-refractivity contribution in [1.29, 1.82) is 0 Å². The second-order valence-electron chi connectivity index (χ2n) is 5.90. The quantitative estimate of drug-likeness (QED) is 0.743. The topological polar surface area (TPSA) is 87.7 Å². The van der Waals surface area contributed by atoms with Crippen molar-refractivity contribution >= 4 is 23.4 Å². The molecule has 0 spiro atoms. The Balaban J connectivity index is 1.73. The summed E-state index contributed by atoms with van der Waals surface area (Å²) in [6.07, 6.45) is 2.21. The van der Waals surface area contributed by atoms with Gasteiger partial charge < -0.3 is 20.3 Å². The minimum absolute atomic E-state index is 0.0123. The fraction of sp³-hybridized carbons (Fsp3) is 0.471. The number of benzene rings is 1. The lowest BCUT2D eigenvalue weighted by molar-refractivity contribution is -0.134. The molecule has 0 radical (unpaired) electrons. The summed E-state index contributed by atoms with van der Waals surface area (Å²) in [6, 6.07) is 6.89. The highest BCUT2D eigenvalue weighted by atomic mass is 16.5. The molecular weight excluding hydrogens is 310 g/mol. The van der Waals surface area contributed by atoms with Gasteiger partial charge in [-0.25, -0.2) is 0 Å². The van der Waals surface area contributed by atoms with E-state index in [1.165, 1.54) is 11.8 Å². The van der Waals surface area contributed by atoms with E-state index >= 15 is 0 Å². The van der Waals surface area contributed by atoms with Crippen LogP contribution in [0.15, 0.2) is 24.3 Å². The Morgan fingerprint density at radius 1 is 1.17 bits per heavy atom. The lowest BCUT2D eigenvalue weighted by Gasteiger charge is -2.20. The van der Waals surface area contributed by atoms with Crippen LogP contribution in [0, 0.1) is 5.92 Å². The van der Waals surface area contributed by atoms with E-state index in [4.69, 9.17) is 4.74 Å². The molecule has 0 saturated heterocycles. The number of hydrogen-bond donors (Lipinski definition) is 2. The van der Waals surface area contributed by atoms with Crippen LogP contribution in [0.25, 0.3) is 0 Å². The maximum absolute atomic E-state index is 11.9. The summed E-state index contributed by atoms with van der Waals surface area (Å²) in [7, 11) is 1.57. The highest BCUT2D eigenvalue weighted by Gasteiger charge is 2.26. The summed E-state index contributed by atoms with van der Waals surface area (Å²) in [5.74, 6) is 0.418. The van der Waals surface area contributed by atoms with Crippen molar-refractivity contribution in [3.8, 4) is 5.75 Å². The summed E-state index contributed by atoms with van der Waals surface area (Å²) in [6.45, 7) is 1.91. The number of rotatable bonds is 8. The highest BCUT2D eigenvalue weighted by Crippen LogP contribution is 2.29. The van der Waals surface area contributed by atoms with Crippen molar-refractivity contribution < 1.29 is 19.1 Å². The molecule has 2 N–H and O–H groups in total. The Labute approximate surface area is 141 Å². The molecule has 130 valence electrons. The largest absolute Gasteiger partial charge is 0.497 e. The summed E-state index contributed by atoms with van der Waals surface area (Å²) in [4.78, 5) is 36.8. The molecule has 1 aromatic carbocycles. The molecule has 0 atom stereocenters. The van der Waals surface area contributed by atoms with E-state index in [1.54, 1.807) is 31.4 Å². The smallest absolute Gasteiger partial charge is 0.243 e. The van der Waals surface area contributed by atoms with Gasteiger partial charge in [-0.3, -0.25) is 14.4 Å². The zero-order valence-corrected chi connectivity index (χ0v) is 14.0. The Morgan fingerprint density at radius 3 is 2.38 bits per heavy atom. The maximum Gasteiger partial charge on any atom is 0.243 e. The van der Waals surface area contributed by atoms with Crippen LogP contribution in [-0.4, -0.2) is 49.4 Å². The molecule has 7 nitrogen and oxygen atoms in total. The maximum atomic E-state index is 11.9. The number of methoxy groups -OCH3 is 1. The molecule has 0 heterocycles. The van der Waals surface area contributed by atoms with Gasteiger partial charge in [-0.1, -0.05) is 0 Å². The van der Waals surface area contributed by atoms with Gasteiger partial charge in [0.2, 0.25) is 17.7 Å². The van der Waals surface area contributed by atoms with E-state index in [9.17, 15) is 14.4 Å². The molecule has 0 aliphatic heterocycles. The van der Waals surface area contributed by atoms with Gasteiger partial charge in [-0.2, -0.15) is 0 Å². The molecule has 7 heteroatoms. The van der Waals surface area contributed by atoms with Crippen molar-refractivity contribution in [1.82, 2.24) is 10.2 Å². The summed E-state index contributed by atoms with van der Waals surface area (Å²) < 4.78 is 5.04. The van der Waals surface area contributed by atoms with E-state index in [0.717, 1.165) is 12.8 Å². The predicted octanol–water partition coefficient (Wildman–Crippen LogP) is 1.01. The molecule has 1 aromatic rings. The Hall–Kier alpha value is -2.57. The first kappa shape index (κ1) is 17.8. The van der Waals surface area contributed by atoms with Gasteiger partial charge in [0.15, 0.2) is 0 Å². The standard InChI is InChI=1S/C17H23N3O4/c1-12(21)20(10-13-3-4-13)11-17(23)18-9-16(22)19-14-5-7-15(24-2)8-6-14/h5-8,13H,3-4,9-11H2,1-2H3,(H,18,23)(H,19,22). The first-order chi connectivity index (χ1) is 11.5. The first-order valence-corrected chi connectivity index (χ1v) is 7.94. The van der Waals surface area contributed by atoms with Gasteiger partial charge in [0.1, 0.15) is 5.75 Å². The summed E-state index contributed by atoms with van der Waals surface area (Å²) in [5.41, 5.74) is 0.620. The second kappa shape index (κ2) is 8.33.